The number of alkyl halides is 7. The molecule has 1 rings (SSSR count). The molecular formula is C25H35F7N2O5. The molecule has 0 radical (unpaired) electrons. The number of hydrogen-bond acceptors (Lipinski definition) is 4. The Morgan fingerprint density at radius 3 is 2.13 bits per heavy atom. The molecule has 39 heavy (non-hydrogen) atoms. The summed E-state index contributed by atoms with van der Waals surface area (Å²) in [4.78, 5) is 25.0. The minimum absolute atomic E-state index is 0.0233. The fraction of sp³-hybridized carbons (Fsp3) is 0.680. The Morgan fingerprint density at radius 2 is 1.62 bits per heavy atom. The monoisotopic (exact) mass is 576 g/mol. The van der Waals surface area contributed by atoms with Crippen LogP contribution in [0, 0.1) is 0 Å². The quantitative estimate of drug-likeness (QED) is 0.178. The van der Waals surface area contributed by atoms with Gasteiger partial charge in [0.2, 0.25) is 0 Å². The smallest absolute Gasteiger partial charge is 0.459 e. The minimum atomic E-state index is -6.38. The van der Waals surface area contributed by atoms with Crippen LogP contribution >= 0.6 is 0 Å². The molecule has 0 bridgehead atoms. The Kier molecular flexibility index (Phi) is 13.3. The minimum Gasteiger partial charge on any atom is -0.492 e. The second-order valence-corrected chi connectivity index (χ2v) is 8.96. The molecule has 0 aliphatic heterocycles. The van der Waals surface area contributed by atoms with Crippen molar-refractivity contribution in [3.63, 3.8) is 0 Å². The van der Waals surface area contributed by atoms with Crippen molar-refractivity contribution in [1.29, 1.82) is 0 Å². The van der Waals surface area contributed by atoms with E-state index in [0.29, 0.717) is 17.7 Å². The van der Waals surface area contributed by atoms with Crippen molar-refractivity contribution < 1.29 is 54.9 Å². The van der Waals surface area contributed by atoms with Crippen LogP contribution in [0.4, 0.5) is 35.5 Å². The number of carboxylic acid groups (broad SMARTS) is 1. The van der Waals surface area contributed by atoms with Crippen molar-refractivity contribution in [1.82, 2.24) is 10.2 Å². The first kappa shape index (κ1) is 34.3. The van der Waals surface area contributed by atoms with E-state index in [9.17, 15) is 45.4 Å². The van der Waals surface area contributed by atoms with Gasteiger partial charge in [-0.2, -0.15) is 30.7 Å². The molecule has 0 saturated heterocycles. The third-order valence-electron chi connectivity index (χ3n) is 5.87. The van der Waals surface area contributed by atoms with Gasteiger partial charge in [-0.1, -0.05) is 19.1 Å². The highest BCUT2D eigenvalue weighted by molar-refractivity contribution is 5.74. The number of carbonyl (C=O) groups excluding carboxylic acids is 1. The van der Waals surface area contributed by atoms with E-state index >= 15 is 0 Å². The molecule has 2 atom stereocenters. The maximum Gasteiger partial charge on any atom is 0.459 e. The number of amides is 2. The van der Waals surface area contributed by atoms with E-state index in [1.807, 2.05) is 6.92 Å². The zero-order chi connectivity index (χ0) is 29.9. The van der Waals surface area contributed by atoms with E-state index in [2.05, 4.69) is 5.32 Å². The van der Waals surface area contributed by atoms with E-state index < -0.39 is 49.0 Å². The third-order valence-corrected chi connectivity index (χ3v) is 5.87. The van der Waals surface area contributed by atoms with Crippen LogP contribution in [0.15, 0.2) is 24.3 Å². The fourth-order valence-corrected chi connectivity index (χ4v) is 3.36. The number of unbranched alkanes of at least 4 members (excludes halogenated alkanes) is 1. The Bertz CT molecular complexity index is 898. The highest BCUT2D eigenvalue weighted by atomic mass is 19.4. The van der Waals surface area contributed by atoms with E-state index in [-0.39, 0.29) is 45.2 Å². The molecule has 14 heteroatoms. The van der Waals surface area contributed by atoms with Gasteiger partial charge in [0, 0.05) is 32.0 Å². The number of carbonyl (C=O) groups is 2. The summed E-state index contributed by atoms with van der Waals surface area (Å²) in [5, 5.41) is 11.9. The predicted molar refractivity (Wildman–Crippen MR) is 128 cm³/mol. The first-order chi connectivity index (χ1) is 18.1. The lowest BCUT2D eigenvalue weighted by molar-refractivity contribution is -0.355. The van der Waals surface area contributed by atoms with Crippen molar-refractivity contribution in [3.05, 3.63) is 29.8 Å². The van der Waals surface area contributed by atoms with Gasteiger partial charge in [-0.3, -0.25) is 0 Å². The number of benzene rings is 1. The molecular weight excluding hydrogens is 541 g/mol. The Labute approximate surface area is 222 Å². The molecule has 0 aromatic heterocycles. The van der Waals surface area contributed by atoms with Gasteiger partial charge in [0.15, 0.2) is 6.10 Å². The number of nitrogens with one attached hydrogen (secondary N) is 1. The molecule has 0 aliphatic carbocycles. The highest BCUT2D eigenvalue weighted by Crippen LogP contribution is 2.48. The summed E-state index contributed by atoms with van der Waals surface area (Å²) in [7, 11) is 0. The lowest BCUT2D eigenvalue weighted by Gasteiger charge is -2.29. The largest absolute Gasteiger partial charge is 0.492 e. The molecule has 1 aromatic carbocycles. The molecule has 2 amide bonds. The normalized spacial score (nSPS) is 14.0. The number of carboxylic acids is 1. The van der Waals surface area contributed by atoms with Crippen LogP contribution in [-0.4, -0.2) is 78.5 Å². The van der Waals surface area contributed by atoms with Gasteiger partial charge >= 0.3 is 30.0 Å². The average molecular weight is 577 g/mol. The molecule has 0 heterocycles. The van der Waals surface area contributed by atoms with Crippen LogP contribution in [0.25, 0.3) is 0 Å². The Hall–Kier alpha value is -2.77. The summed E-state index contributed by atoms with van der Waals surface area (Å²) in [5.41, 5.74) is 0.686. The van der Waals surface area contributed by atoms with E-state index in [1.54, 1.807) is 38.1 Å². The first-order valence-corrected chi connectivity index (χ1v) is 12.5. The van der Waals surface area contributed by atoms with Crippen molar-refractivity contribution in [2.24, 2.45) is 0 Å². The van der Waals surface area contributed by atoms with Crippen molar-refractivity contribution >= 4 is 12.0 Å². The molecule has 2 unspecified atom stereocenters. The molecule has 1 aromatic rings. The van der Waals surface area contributed by atoms with Crippen LogP contribution in [-0.2, 0) is 16.0 Å². The zero-order valence-corrected chi connectivity index (χ0v) is 22.0. The number of nitrogens with zero attached hydrogens (tertiary/aromatic N) is 1. The standard InChI is InChI=1S/C25H35F7N2O5/c1-4-17(3)33-22(37)34(13-7-6-12-23(26,27)24(28,29)25(30,31)32)14-15-39-19-10-8-18(9-11-19)16-20(21(35)36)38-5-2/h8-11,17,20H,4-7,12-16H2,1-3H3,(H,33,37)(H,35,36). The number of hydrogen-bond donors (Lipinski definition) is 2. The molecule has 2 N–H and O–H groups in total. The summed E-state index contributed by atoms with van der Waals surface area (Å²) in [6.45, 7) is 5.23. The Balaban J connectivity index is 2.71. The van der Waals surface area contributed by atoms with Gasteiger partial charge in [0.1, 0.15) is 12.4 Å². The number of urea groups is 1. The zero-order valence-electron chi connectivity index (χ0n) is 22.0. The maximum absolute atomic E-state index is 13.5. The predicted octanol–water partition coefficient (Wildman–Crippen LogP) is 5.91. The van der Waals surface area contributed by atoms with Gasteiger partial charge in [-0.15, -0.1) is 0 Å². The van der Waals surface area contributed by atoms with Gasteiger partial charge < -0.3 is 24.8 Å². The van der Waals surface area contributed by atoms with Gasteiger partial charge in [-0.05, 0) is 50.8 Å². The van der Waals surface area contributed by atoms with Crippen molar-refractivity contribution in [3.8, 4) is 5.75 Å². The van der Waals surface area contributed by atoms with Crippen molar-refractivity contribution in [2.45, 2.75) is 83.0 Å². The number of rotatable bonds is 17. The number of ether oxygens (including phenoxy) is 2. The van der Waals surface area contributed by atoms with E-state index in [1.165, 1.54) is 4.90 Å². The molecule has 0 aliphatic rings. The SMILES string of the molecule is CCOC(Cc1ccc(OCCN(CCCCC(F)(F)C(F)(F)C(F)(F)F)C(=O)NC(C)CC)cc1)C(=O)O. The molecule has 224 valence electrons. The number of halogens is 7. The van der Waals surface area contributed by atoms with Crippen molar-refractivity contribution in [2.75, 3.05) is 26.3 Å². The van der Waals surface area contributed by atoms with Crippen LogP contribution < -0.4 is 10.1 Å². The summed E-state index contributed by atoms with van der Waals surface area (Å²) in [6.07, 6.45) is -9.26. The third kappa shape index (κ3) is 10.7. The highest BCUT2D eigenvalue weighted by Gasteiger charge is 2.72. The summed E-state index contributed by atoms with van der Waals surface area (Å²) < 4.78 is 101. The van der Waals surface area contributed by atoms with E-state index in [0.717, 1.165) is 0 Å². The molecule has 7 nitrogen and oxygen atoms in total. The van der Waals surface area contributed by atoms with Gasteiger partial charge in [-0.25, -0.2) is 9.59 Å². The maximum atomic E-state index is 13.5. The lowest BCUT2D eigenvalue weighted by Crippen LogP contribution is -2.51. The fourth-order valence-electron chi connectivity index (χ4n) is 3.36. The molecule has 0 fully saturated rings. The number of aliphatic carboxylic acids is 1. The Morgan fingerprint density at radius 1 is 1.00 bits per heavy atom. The topological polar surface area (TPSA) is 88.1 Å². The summed E-state index contributed by atoms with van der Waals surface area (Å²) in [6, 6.07) is 5.68. The summed E-state index contributed by atoms with van der Waals surface area (Å²) >= 11 is 0. The summed E-state index contributed by atoms with van der Waals surface area (Å²) in [5.74, 6) is -12.1. The molecule has 0 saturated carbocycles. The van der Waals surface area contributed by atoms with Crippen LogP contribution in [0.1, 0.15) is 52.0 Å². The van der Waals surface area contributed by atoms with Crippen LogP contribution in [0.5, 0.6) is 5.75 Å². The lowest BCUT2D eigenvalue weighted by atomic mass is 10.0. The van der Waals surface area contributed by atoms with E-state index in [4.69, 9.17) is 9.47 Å². The first-order valence-electron chi connectivity index (χ1n) is 12.5. The second kappa shape index (κ2) is 15.1. The second-order valence-electron chi connectivity index (χ2n) is 8.96. The average Bonchev–Trinajstić information content (AvgIpc) is 2.85. The van der Waals surface area contributed by atoms with Gasteiger partial charge in [0.05, 0.1) is 6.54 Å². The molecule has 0 spiro atoms. The van der Waals surface area contributed by atoms with Crippen LogP contribution in [0.3, 0.4) is 0 Å². The van der Waals surface area contributed by atoms with Crippen LogP contribution in [0.2, 0.25) is 0 Å². The van der Waals surface area contributed by atoms with Gasteiger partial charge in [0.25, 0.3) is 0 Å².